The molecule has 8 nitrogen and oxygen atoms in total. The molecule has 4 atom stereocenters. The maximum atomic E-state index is 9.97. The van der Waals surface area contributed by atoms with Gasteiger partial charge in [0.05, 0.1) is 12.0 Å². The van der Waals surface area contributed by atoms with Gasteiger partial charge in [0.15, 0.2) is 17.7 Å². The molecule has 3 heterocycles. The van der Waals surface area contributed by atoms with E-state index in [0.717, 1.165) is 0 Å². The van der Waals surface area contributed by atoms with Gasteiger partial charge in [-0.15, -0.1) is 0 Å². The van der Waals surface area contributed by atoms with E-state index >= 15 is 0 Å². The standard InChI is InChI=1S/C11H14N4O4/c12-9-5-2-1-3-13-10(5)15(14-9)11-8(18)7(17)6(4-16)19-11/h1-3,6-8,11,16-18H,4H2,(H2,12,14)/t6-,7+,8+,11-/m0/s1. The molecule has 0 saturated carbocycles. The van der Waals surface area contributed by atoms with E-state index in [9.17, 15) is 10.2 Å². The second kappa shape index (κ2) is 4.42. The van der Waals surface area contributed by atoms with Gasteiger partial charge < -0.3 is 25.8 Å². The minimum Gasteiger partial charge on any atom is -0.394 e. The van der Waals surface area contributed by atoms with Gasteiger partial charge in [0, 0.05) is 6.20 Å². The van der Waals surface area contributed by atoms with E-state index in [2.05, 4.69) is 10.1 Å². The summed E-state index contributed by atoms with van der Waals surface area (Å²) in [7, 11) is 0. The lowest BCUT2D eigenvalue weighted by Gasteiger charge is -2.15. The number of nitrogens with zero attached hydrogens (tertiary/aromatic N) is 3. The van der Waals surface area contributed by atoms with Crippen LogP contribution < -0.4 is 5.73 Å². The van der Waals surface area contributed by atoms with Gasteiger partial charge in [-0.3, -0.25) is 0 Å². The molecule has 0 aromatic carbocycles. The summed E-state index contributed by atoms with van der Waals surface area (Å²) >= 11 is 0. The maximum absolute atomic E-state index is 9.97. The summed E-state index contributed by atoms with van der Waals surface area (Å²) < 4.78 is 6.73. The highest BCUT2D eigenvalue weighted by Crippen LogP contribution is 2.32. The number of anilines is 1. The number of aliphatic hydroxyl groups is 3. The van der Waals surface area contributed by atoms with Crippen molar-refractivity contribution in [2.45, 2.75) is 24.5 Å². The summed E-state index contributed by atoms with van der Waals surface area (Å²) in [6, 6.07) is 3.48. The summed E-state index contributed by atoms with van der Waals surface area (Å²) in [6.45, 7) is -0.392. The SMILES string of the molecule is Nc1nn([C@H]2O[C@@H](CO)[C@@H](O)[C@H]2O)c2ncccc12. The minimum atomic E-state index is -1.21. The smallest absolute Gasteiger partial charge is 0.181 e. The molecule has 0 unspecified atom stereocenters. The van der Waals surface area contributed by atoms with Gasteiger partial charge in [-0.1, -0.05) is 0 Å². The molecule has 0 amide bonds. The topological polar surface area (TPSA) is 127 Å². The maximum Gasteiger partial charge on any atom is 0.181 e. The summed E-state index contributed by atoms with van der Waals surface area (Å²) in [4.78, 5) is 4.14. The van der Waals surface area contributed by atoms with Gasteiger partial charge >= 0.3 is 0 Å². The summed E-state index contributed by atoms with van der Waals surface area (Å²) in [5, 5.41) is 33.5. The normalized spacial score (nSPS) is 31.1. The Hall–Kier alpha value is -1.74. The Kier molecular flexibility index (Phi) is 2.86. The van der Waals surface area contributed by atoms with Gasteiger partial charge in [0.25, 0.3) is 0 Å². The molecule has 2 aromatic heterocycles. The van der Waals surface area contributed by atoms with Crippen LogP contribution in [0.1, 0.15) is 6.23 Å². The molecule has 0 radical (unpaired) electrons. The van der Waals surface area contributed by atoms with Crippen molar-refractivity contribution >= 4 is 16.9 Å². The fourth-order valence-corrected chi connectivity index (χ4v) is 2.26. The number of hydrogen-bond donors (Lipinski definition) is 4. The second-order valence-electron chi connectivity index (χ2n) is 4.43. The molecule has 5 N–H and O–H groups in total. The zero-order chi connectivity index (χ0) is 13.6. The first-order valence-electron chi connectivity index (χ1n) is 5.84. The van der Waals surface area contributed by atoms with E-state index in [1.54, 1.807) is 18.3 Å². The van der Waals surface area contributed by atoms with Crippen LogP contribution in [0.25, 0.3) is 11.0 Å². The lowest BCUT2D eigenvalue weighted by Crippen LogP contribution is -2.33. The predicted octanol–water partition coefficient (Wildman–Crippen LogP) is -1.37. The Morgan fingerprint density at radius 3 is 2.84 bits per heavy atom. The number of nitrogens with two attached hydrogens (primary N) is 1. The molecule has 0 bridgehead atoms. The lowest BCUT2D eigenvalue weighted by molar-refractivity contribution is -0.0565. The predicted molar refractivity (Wildman–Crippen MR) is 64.9 cm³/mol. The number of rotatable bonds is 2. The largest absolute Gasteiger partial charge is 0.394 e. The number of aliphatic hydroxyl groups excluding tert-OH is 3. The average Bonchev–Trinajstić information content (AvgIpc) is 2.90. The van der Waals surface area contributed by atoms with E-state index in [0.29, 0.717) is 11.0 Å². The molecule has 102 valence electrons. The number of aromatic nitrogens is 3. The Labute approximate surface area is 108 Å². The van der Waals surface area contributed by atoms with Crippen LogP contribution in [-0.4, -0.2) is 55.0 Å². The van der Waals surface area contributed by atoms with Gasteiger partial charge in [-0.25, -0.2) is 9.67 Å². The van der Waals surface area contributed by atoms with Crippen molar-refractivity contribution < 1.29 is 20.1 Å². The third-order valence-electron chi connectivity index (χ3n) is 3.25. The van der Waals surface area contributed by atoms with Crippen molar-refractivity contribution in [3.05, 3.63) is 18.3 Å². The number of pyridine rings is 1. The van der Waals surface area contributed by atoms with Crippen LogP contribution >= 0.6 is 0 Å². The zero-order valence-electron chi connectivity index (χ0n) is 9.92. The van der Waals surface area contributed by atoms with Crippen molar-refractivity contribution in [1.82, 2.24) is 14.8 Å². The van der Waals surface area contributed by atoms with E-state index in [4.69, 9.17) is 15.6 Å². The van der Waals surface area contributed by atoms with Crippen LogP contribution in [0.15, 0.2) is 18.3 Å². The number of nitrogen functional groups attached to an aromatic ring is 1. The fourth-order valence-electron chi connectivity index (χ4n) is 2.26. The van der Waals surface area contributed by atoms with Crippen LogP contribution in [0.5, 0.6) is 0 Å². The highest BCUT2D eigenvalue weighted by atomic mass is 16.6. The van der Waals surface area contributed by atoms with Crippen molar-refractivity contribution in [2.24, 2.45) is 0 Å². The monoisotopic (exact) mass is 266 g/mol. The highest BCUT2D eigenvalue weighted by molar-refractivity contribution is 5.86. The molecule has 3 rings (SSSR count). The van der Waals surface area contributed by atoms with Gasteiger partial charge in [-0.2, -0.15) is 5.10 Å². The molecule has 1 saturated heterocycles. The Bertz CT molecular complexity index is 601. The molecule has 2 aromatic rings. The van der Waals surface area contributed by atoms with Gasteiger partial charge in [0.2, 0.25) is 0 Å². The van der Waals surface area contributed by atoms with Crippen molar-refractivity contribution in [3.63, 3.8) is 0 Å². The number of fused-ring (bicyclic) bond motifs is 1. The Balaban J connectivity index is 2.06. The first-order chi connectivity index (χ1) is 9.13. The summed E-state index contributed by atoms with van der Waals surface area (Å²) in [6.07, 6.45) is -2.60. The molecule has 1 aliphatic heterocycles. The van der Waals surface area contributed by atoms with Crippen LogP contribution in [0.2, 0.25) is 0 Å². The second-order valence-corrected chi connectivity index (χ2v) is 4.43. The zero-order valence-corrected chi connectivity index (χ0v) is 9.92. The quantitative estimate of drug-likeness (QED) is 0.528. The first-order valence-corrected chi connectivity index (χ1v) is 5.84. The molecule has 1 aliphatic rings. The van der Waals surface area contributed by atoms with E-state index < -0.39 is 31.1 Å². The average molecular weight is 266 g/mol. The van der Waals surface area contributed by atoms with Gasteiger partial charge in [0.1, 0.15) is 18.3 Å². The van der Waals surface area contributed by atoms with Crippen molar-refractivity contribution in [2.75, 3.05) is 12.3 Å². The minimum absolute atomic E-state index is 0.265. The van der Waals surface area contributed by atoms with Crippen LogP contribution in [0.3, 0.4) is 0 Å². The first kappa shape index (κ1) is 12.3. The molecule has 1 fully saturated rings. The van der Waals surface area contributed by atoms with Crippen LogP contribution in [0, 0.1) is 0 Å². The Morgan fingerprint density at radius 2 is 2.16 bits per heavy atom. The van der Waals surface area contributed by atoms with Crippen molar-refractivity contribution in [1.29, 1.82) is 0 Å². The molecule has 0 spiro atoms. The number of hydrogen-bond acceptors (Lipinski definition) is 7. The van der Waals surface area contributed by atoms with E-state index in [-0.39, 0.29) is 5.82 Å². The van der Waals surface area contributed by atoms with Crippen molar-refractivity contribution in [3.8, 4) is 0 Å². The van der Waals surface area contributed by atoms with Gasteiger partial charge in [-0.05, 0) is 12.1 Å². The lowest BCUT2D eigenvalue weighted by atomic mass is 10.1. The Morgan fingerprint density at radius 1 is 1.37 bits per heavy atom. The number of ether oxygens (including phenoxy) is 1. The third-order valence-corrected chi connectivity index (χ3v) is 3.25. The summed E-state index contributed by atoms with van der Waals surface area (Å²) in [5.41, 5.74) is 6.22. The molecule has 19 heavy (non-hydrogen) atoms. The van der Waals surface area contributed by atoms with Crippen LogP contribution in [0.4, 0.5) is 5.82 Å². The molecule has 8 heteroatoms. The fraction of sp³-hybridized carbons (Fsp3) is 0.455. The molecular weight excluding hydrogens is 252 g/mol. The third kappa shape index (κ3) is 1.77. The van der Waals surface area contributed by atoms with E-state index in [1.165, 1.54) is 4.68 Å². The summed E-state index contributed by atoms with van der Waals surface area (Å²) in [5.74, 6) is 0.265. The molecular formula is C11H14N4O4. The highest BCUT2D eigenvalue weighted by Gasteiger charge is 2.44. The molecule has 0 aliphatic carbocycles. The van der Waals surface area contributed by atoms with E-state index in [1.807, 2.05) is 0 Å². The van der Waals surface area contributed by atoms with Crippen LogP contribution in [-0.2, 0) is 4.74 Å².